The van der Waals surface area contributed by atoms with E-state index in [0.717, 1.165) is 24.3 Å². The summed E-state index contributed by atoms with van der Waals surface area (Å²) in [6.45, 7) is -0.323. The lowest BCUT2D eigenvalue weighted by Crippen LogP contribution is -2.52. The van der Waals surface area contributed by atoms with Crippen LogP contribution < -0.4 is 25.2 Å². The third kappa shape index (κ3) is 10.1. The number of likely N-dealkylation sites (tertiary alicyclic amines) is 1. The monoisotopic (exact) mass is 936 g/mol. The zero-order chi connectivity index (χ0) is 47.3. The van der Waals surface area contributed by atoms with E-state index in [2.05, 4.69) is 20.1 Å². The van der Waals surface area contributed by atoms with Crippen LogP contribution in [0.4, 0.5) is 33.9 Å². The Morgan fingerprint density at radius 3 is 2.55 bits per heavy atom. The lowest BCUT2D eigenvalue weighted by Gasteiger charge is -2.44. The molecule has 1 saturated carbocycles. The maximum absolute atomic E-state index is 16.1. The number of aldehydes is 1. The molecule has 0 radical (unpaired) electrons. The van der Waals surface area contributed by atoms with Crippen LogP contribution in [0.5, 0.6) is 11.5 Å². The van der Waals surface area contributed by atoms with Gasteiger partial charge in [-0.25, -0.2) is 31.6 Å². The molecule has 5 aromatic rings. The van der Waals surface area contributed by atoms with Crippen LogP contribution >= 0.6 is 12.1 Å². The van der Waals surface area contributed by atoms with E-state index in [9.17, 15) is 29.9 Å². The van der Waals surface area contributed by atoms with Gasteiger partial charge in [-0.15, -0.1) is 0 Å². The minimum absolute atomic E-state index is 0.00135. The molecule has 2 aliphatic rings. The number of ether oxygens (including phenoxy) is 1. The fourth-order valence-corrected chi connectivity index (χ4v) is 9.75. The van der Waals surface area contributed by atoms with Crippen molar-refractivity contribution in [2.75, 3.05) is 63.1 Å². The van der Waals surface area contributed by atoms with Crippen molar-refractivity contribution < 1.29 is 42.1 Å². The number of nitrogens with one attached hydrogen (secondary N) is 2. The third-order valence-corrected chi connectivity index (χ3v) is 13.4. The molecule has 1 saturated heterocycles. The Bertz CT molecular complexity index is 2670. The fourth-order valence-electron chi connectivity index (χ4n) is 9.15. The number of aryl methyl sites for hydroxylation is 1. The summed E-state index contributed by atoms with van der Waals surface area (Å²) in [5.41, 5.74) is 0.303. The summed E-state index contributed by atoms with van der Waals surface area (Å²) in [6.07, 6.45) is 5.08. The first-order chi connectivity index (χ1) is 31.7. The Morgan fingerprint density at radius 2 is 1.86 bits per heavy atom. The van der Waals surface area contributed by atoms with Crippen LogP contribution in [0.2, 0.25) is 0 Å². The Morgan fingerprint density at radius 1 is 1.09 bits per heavy atom. The number of likely N-dealkylation sites (N-methyl/N-ethyl adjacent to an activating group) is 1. The Hall–Kier alpha value is -5.79. The molecule has 16 nitrogen and oxygen atoms in total. The number of piperidine rings is 1. The van der Waals surface area contributed by atoms with Crippen LogP contribution in [-0.2, 0) is 11.8 Å². The maximum Gasteiger partial charge on any atom is 0.322 e. The highest BCUT2D eigenvalue weighted by atomic mass is 32.2. The highest BCUT2D eigenvalue weighted by Crippen LogP contribution is 2.45. The van der Waals surface area contributed by atoms with Crippen LogP contribution in [0.3, 0.4) is 0 Å². The summed E-state index contributed by atoms with van der Waals surface area (Å²) >= 11 is 1.10. The van der Waals surface area contributed by atoms with Gasteiger partial charge < -0.3 is 29.8 Å². The van der Waals surface area contributed by atoms with Crippen LogP contribution in [0, 0.1) is 28.9 Å². The highest BCUT2D eigenvalue weighted by Gasteiger charge is 2.48. The standard InChI is InChI=1S/C45H52F4N10O6S/c1-51-44(64)58(14-4-17-60)42-33-21-37(47)31(22-40(33)56(3)53-42)35-13-15-57(25-45(35,48)49)28-7-5-27(6-8-28)19-29(24-62)59-26-52-38-11-9-30(20-32(38)43(59)63)65-41-34(23-50)39(12-10-36(41)46)54-66-55(2)16-18-61/h9-12,17,20-22,26-29,35,54,61-62H,4-8,13-16,18-19,24-25H2,1-3H3,(H,51,64). The number of fused-ring (bicyclic) bond motifs is 2. The maximum atomic E-state index is 16.1. The van der Waals surface area contributed by atoms with Gasteiger partial charge >= 0.3 is 6.03 Å². The van der Waals surface area contributed by atoms with E-state index in [0.29, 0.717) is 62.5 Å². The molecule has 2 amide bonds. The third-order valence-electron chi connectivity index (χ3n) is 12.6. The molecule has 2 unspecified atom stereocenters. The number of aliphatic hydroxyl groups excluding tert-OH is 2. The molecule has 4 N–H and O–H groups in total. The number of carbonyl (C=O) groups is 2. The summed E-state index contributed by atoms with van der Waals surface area (Å²) in [6, 6.07) is 10.2. The molecule has 352 valence electrons. The van der Waals surface area contributed by atoms with Gasteiger partial charge in [-0.2, -0.15) is 10.4 Å². The molecule has 3 heterocycles. The van der Waals surface area contributed by atoms with Gasteiger partial charge in [0.2, 0.25) is 0 Å². The molecule has 7 rings (SSSR count). The van der Waals surface area contributed by atoms with Crippen LogP contribution in [0.25, 0.3) is 21.8 Å². The molecule has 3 aromatic carbocycles. The van der Waals surface area contributed by atoms with Crippen molar-refractivity contribution in [1.29, 1.82) is 5.26 Å². The Labute approximate surface area is 382 Å². The summed E-state index contributed by atoms with van der Waals surface area (Å²) in [7, 11) is 4.72. The minimum Gasteiger partial charge on any atom is -0.453 e. The number of hydrogen-bond donors (Lipinski definition) is 4. The van der Waals surface area contributed by atoms with E-state index in [1.165, 1.54) is 51.8 Å². The first kappa shape index (κ1) is 48.2. The number of amides is 2. The van der Waals surface area contributed by atoms with E-state index < -0.39 is 47.7 Å². The normalized spacial score (nSPS) is 19.1. The van der Waals surface area contributed by atoms with Gasteiger partial charge in [0.05, 0.1) is 60.2 Å². The molecular formula is C45H52F4N10O6S. The number of rotatable bonds is 17. The number of halogens is 4. The van der Waals surface area contributed by atoms with Crippen LogP contribution in [0.1, 0.15) is 68.0 Å². The van der Waals surface area contributed by atoms with Crippen LogP contribution in [0.15, 0.2) is 53.6 Å². The van der Waals surface area contributed by atoms with Crippen LogP contribution in [-0.4, -0.2) is 117 Å². The molecule has 2 atom stereocenters. The number of hydrogen-bond acceptors (Lipinski definition) is 13. The molecule has 0 spiro atoms. The summed E-state index contributed by atoms with van der Waals surface area (Å²) in [4.78, 5) is 45.1. The van der Waals surface area contributed by atoms with E-state index in [1.54, 1.807) is 29.4 Å². The van der Waals surface area contributed by atoms with Gasteiger partial charge in [0.1, 0.15) is 29.5 Å². The zero-order valence-electron chi connectivity index (χ0n) is 36.7. The van der Waals surface area contributed by atoms with Crippen molar-refractivity contribution in [1.82, 2.24) is 33.9 Å². The first-order valence-corrected chi connectivity index (χ1v) is 22.5. The number of aromatic nitrogens is 4. The number of anilines is 2. The fraction of sp³-hybridized carbons (Fsp3) is 0.467. The predicted octanol–water partition coefficient (Wildman–Crippen LogP) is 6.47. The molecular weight excluding hydrogens is 885 g/mol. The smallest absolute Gasteiger partial charge is 0.322 e. The van der Waals surface area contributed by atoms with Gasteiger partial charge in [0.25, 0.3) is 11.5 Å². The first-order valence-electron chi connectivity index (χ1n) is 21.7. The predicted molar refractivity (Wildman–Crippen MR) is 242 cm³/mol. The number of nitrogens with zero attached hydrogens (tertiary/aromatic N) is 8. The van der Waals surface area contributed by atoms with Gasteiger partial charge in [-0.3, -0.25) is 23.8 Å². The van der Waals surface area contributed by atoms with Crippen molar-refractivity contribution >= 4 is 57.8 Å². The van der Waals surface area contributed by atoms with Crippen molar-refractivity contribution in [3.8, 4) is 17.6 Å². The van der Waals surface area contributed by atoms with Crippen molar-refractivity contribution in [2.24, 2.45) is 13.0 Å². The largest absolute Gasteiger partial charge is 0.453 e. The molecule has 66 heavy (non-hydrogen) atoms. The number of benzene rings is 3. The quantitative estimate of drug-likeness (QED) is 0.0451. The Balaban J connectivity index is 0.997. The molecule has 2 aromatic heterocycles. The molecule has 1 aliphatic heterocycles. The van der Waals surface area contributed by atoms with E-state index in [4.69, 9.17) is 4.74 Å². The van der Waals surface area contributed by atoms with E-state index >= 15 is 17.6 Å². The van der Waals surface area contributed by atoms with Gasteiger partial charge in [0, 0.05) is 57.2 Å². The minimum atomic E-state index is -3.26. The van der Waals surface area contributed by atoms with Crippen molar-refractivity contribution in [3.05, 3.63) is 81.9 Å². The van der Waals surface area contributed by atoms with E-state index in [1.807, 2.05) is 6.07 Å². The number of carbonyl (C=O) groups excluding carboxylic acids is 2. The van der Waals surface area contributed by atoms with Gasteiger partial charge in [-0.1, -0.05) is 0 Å². The average molecular weight is 937 g/mol. The second-order valence-corrected chi connectivity index (χ2v) is 17.7. The molecule has 2 fully saturated rings. The zero-order valence-corrected chi connectivity index (χ0v) is 37.5. The summed E-state index contributed by atoms with van der Waals surface area (Å²) < 4.78 is 76.5. The highest BCUT2D eigenvalue weighted by molar-refractivity contribution is 7.98. The summed E-state index contributed by atoms with van der Waals surface area (Å²) in [5.74, 6) is -6.35. The molecule has 21 heteroatoms. The summed E-state index contributed by atoms with van der Waals surface area (Å²) in [5, 5.41) is 36.9. The lowest BCUT2D eigenvalue weighted by molar-refractivity contribution is -0.107. The van der Waals surface area contributed by atoms with Crippen molar-refractivity contribution in [2.45, 2.75) is 68.9 Å². The Kier molecular flexibility index (Phi) is 15.2. The molecule has 1 aliphatic carbocycles. The van der Waals surface area contributed by atoms with Crippen molar-refractivity contribution in [3.63, 3.8) is 0 Å². The molecule has 0 bridgehead atoms. The van der Waals surface area contributed by atoms with Gasteiger partial charge in [-0.05, 0) is 106 Å². The SMILES string of the molecule is CNC(=O)N(CCC=O)c1nn(C)c2cc(C3CCN(C4CCC(CC(CO)n5cnc6ccc(Oc7c(F)ccc(NSN(C)CCO)c7C#N)cc6c5=O)CC4)CC3(F)F)c(F)cc12. The van der Waals surface area contributed by atoms with E-state index in [-0.39, 0.29) is 89.5 Å². The van der Waals surface area contributed by atoms with Gasteiger partial charge in [0.15, 0.2) is 17.4 Å². The number of aliphatic hydroxyl groups is 2. The second kappa shape index (κ2) is 20.8. The number of urea groups is 1. The topological polar surface area (TPSA) is 194 Å². The lowest BCUT2D eigenvalue weighted by atomic mass is 9.79. The number of nitriles is 1. The second-order valence-electron chi connectivity index (χ2n) is 16.7. The number of alkyl halides is 2. The average Bonchev–Trinajstić information content (AvgIpc) is 3.62.